The molecule has 1 atom stereocenters. The smallest absolute Gasteiger partial charge is 0.333 e. The molecule has 5 amide bonds. The molecule has 0 radical (unpaired) electrons. The van der Waals surface area contributed by atoms with E-state index < -0.39 is 17.8 Å². The lowest BCUT2D eigenvalue weighted by molar-refractivity contribution is -0.134. The number of nitrogens with one attached hydrogen (secondary N) is 1. The SMILES string of the molecule is CN1C(=O)C(=Cc2cn(CC(=O)NC[C@@H]3CCCO3)c3ccccc23)C(=O)N(C)C1=O. The van der Waals surface area contributed by atoms with E-state index in [1.54, 1.807) is 10.8 Å². The average Bonchev–Trinajstić information content (AvgIpc) is 3.41. The van der Waals surface area contributed by atoms with Crippen LogP contribution in [0.3, 0.4) is 0 Å². The van der Waals surface area contributed by atoms with Gasteiger partial charge in [0.2, 0.25) is 5.91 Å². The van der Waals surface area contributed by atoms with Crippen LogP contribution in [0.15, 0.2) is 36.0 Å². The first-order valence-electron chi connectivity index (χ1n) is 10.1. The molecule has 9 nitrogen and oxygen atoms in total. The number of likely N-dealkylation sites (N-methyl/N-ethyl adjacent to an activating group) is 2. The maximum atomic E-state index is 12.5. The van der Waals surface area contributed by atoms with Crippen molar-refractivity contribution in [3.63, 3.8) is 0 Å². The Bertz CT molecular complexity index is 1070. The fraction of sp³-hybridized carbons (Fsp3) is 0.364. The van der Waals surface area contributed by atoms with Crippen LogP contribution in [0.4, 0.5) is 4.79 Å². The normalized spacial score (nSPS) is 19.5. The van der Waals surface area contributed by atoms with Crippen molar-refractivity contribution in [1.29, 1.82) is 0 Å². The zero-order chi connectivity index (χ0) is 22.1. The molecule has 31 heavy (non-hydrogen) atoms. The highest BCUT2D eigenvalue weighted by Gasteiger charge is 2.38. The third kappa shape index (κ3) is 3.96. The average molecular weight is 424 g/mol. The number of carbonyl (C=O) groups is 4. The highest BCUT2D eigenvalue weighted by Crippen LogP contribution is 2.26. The van der Waals surface area contributed by atoms with Crippen LogP contribution in [-0.4, -0.2) is 71.5 Å². The number of fused-ring (bicyclic) bond motifs is 1. The minimum atomic E-state index is -0.669. The molecule has 2 saturated heterocycles. The zero-order valence-electron chi connectivity index (χ0n) is 17.5. The fourth-order valence-corrected chi connectivity index (χ4v) is 3.90. The van der Waals surface area contributed by atoms with Crippen LogP contribution in [0, 0.1) is 0 Å². The Morgan fingerprint density at radius 1 is 1.16 bits per heavy atom. The van der Waals surface area contributed by atoms with Gasteiger partial charge in [-0.15, -0.1) is 0 Å². The Morgan fingerprint density at radius 3 is 2.55 bits per heavy atom. The van der Waals surface area contributed by atoms with E-state index in [9.17, 15) is 19.2 Å². The lowest BCUT2D eigenvalue weighted by Gasteiger charge is -2.28. The Hall–Kier alpha value is -3.46. The molecule has 1 aromatic carbocycles. The summed E-state index contributed by atoms with van der Waals surface area (Å²) < 4.78 is 7.31. The molecule has 0 bridgehead atoms. The largest absolute Gasteiger partial charge is 0.376 e. The van der Waals surface area contributed by atoms with Crippen LogP contribution in [0.25, 0.3) is 17.0 Å². The first-order valence-corrected chi connectivity index (χ1v) is 10.1. The van der Waals surface area contributed by atoms with Gasteiger partial charge in [0.1, 0.15) is 12.1 Å². The summed E-state index contributed by atoms with van der Waals surface area (Å²) >= 11 is 0. The Labute approximate surface area is 179 Å². The lowest BCUT2D eigenvalue weighted by atomic mass is 10.1. The van der Waals surface area contributed by atoms with E-state index in [0.29, 0.717) is 12.1 Å². The van der Waals surface area contributed by atoms with E-state index in [0.717, 1.165) is 40.2 Å². The summed E-state index contributed by atoms with van der Waals surface area (Å²) in [4.78, 5) is 51.3. The number of nitrogens with zero attached hydrogens (tertiary/aromatic N) is 3. The summed E-state index contributed by atoms with van der Waals surface area (Å²) in [6.45, 7) is 1.30. The van der Waals surface area contributed by atoms with E-state index in [4.69, 9.17) is 4.74 Å². The standard InChI is InChI=1S/C22H24N4O5/c1-24-20(28)17(21(29)25(2)22(24)30)10-14-12-26(18-8-4-3-7-16(14)18)13-19(27)23-11-15-6-5-9-31-15/h3-4,7-8,10,12,15H,5-6,9,11,13H2,1-2H3,(H,23,27)/t15-/m0/s1. The maximum absolute atomic E-state index is 12.5. The third-order valence-electron chi connectivity index (χ3n) is 5.63. The highest BCUT2D eigenvalue weighted by atomic mass is 16.5. The van der Waals surface area contributed by atoms with Gasteiger partial charge in [0.25, 0.3) is 11.8 Å². The first-order chi connectivity index (χ1) is 14.9. The molecular weight excluding hydrogens is 400 g/mol. The summed E-state index contributed by atoms with van der Waals surface area (Å²) in [5.41, 5.74) is 1.32. The van der Waals surface area contributed by atoms with Crippen LogP contribution in [0.5, 0.6) is 0 Å². The monoisotopic (exact) mass is 424 g/mol. The summed E-state index contributed by atoms with van der Waals surface area (Å²) in [5.74, 6) is -1.45. The first kappa shape index (κ1) is 20.8. The number of benzene rings is 1. The van der Waals surface area contributed by atoms with Gasteiger partial charge in [-0.05, 0) is 25.0 Å². The van der Waals surface area contributed by atoms with Crippen molar-refractivity contribution in [3.05, 3.63) is 41.6 Å². The molecule has 162 valence electrons. The fourth-order valence-electron chi connectivity index (χ4n) is 3.90. The number of aromatic nitrogens is 1. The Balaban J connectivity index is 1.61. The second kappa shape index (κ2) is 8.35. The van der Waals surface area contributed by atoms with Crippen molar-refractivity contribution in [2.75, 3.05) is 27.2 Å². The third-order valence-corrected chi connectivity index (χ3v) is 5.63. The molecule has 1 N–H and O–H groups in total. The van der Waals surface area contributed by atoms with Crippen LogP contribution in [0.1, 0.15) is 18.4 Å². The summed E-state index contributed by atoms with van der Waals surface area (Å²) in [6, 6.07) is 6.77. The zero-order valence-corrected chi connectivity index (χ0v) is 17.5. The van der Waals surface area contributed by atoms with Gasteiger partial charge in [-0.2, -0.15) is 0 Å². The van der Waals surface area contributed by atoms with E-state index in [1.807, 2.05) is 24.3 Å². The predicted molar refractivity (Wildman–Crippen MR) is 113 cm³/mol. The van der Waals surface area contributed by atoms with Gasteiger partial charge in [0, 0.05) is 49.9 Å². The molecule has 2 fully saturated rings. The van der Waals surface area contributed by atoms with Crippen LogP contribution in [-0.2, 0) is 25.7 Å². The van der Waals surface area contributed by atoms with Crippen LogP contribution in [0.2, 0.25) is 0 Å². The molecule has 2 aromatic rings. The second-order valence-electron chi connectivity index (χ2n) is 7.74. The van der Waals surface area contributed by atoms with Crippen molar-refractivity contribution < 1.29 is 23.9 Å². The molecular formula is C22H24N4O5. The number of hydrogen-bond donors (Lipinski definition) is 1. The van der Waals surface area contributed by atoms with Gasteiger partial charge in [-0.1, -0.05) is 18.2 Å². The molecule has 9 heteroatoms. The molecule has 2 aliphatic heterocycles. The van der Waals surface area contributed by atoms with Crippen molar-refractivity contribution in [2.45, 2.75) is 25.5 Å². The van der Waals surface area contributed by atoms with Crippen molar-refractivity contribution >= 4 is 40.7 Å². The van der Waals surface area contributed by atoms with Gasteiger partial charge in [-0.25, -0.2) is 4.79 Å². The molecule has 2 aliphatic rings. The number of para-hydroxylation sites is 1. The number of urea groups is 1. The summed E-state index contributed by atoms with van der Waals surface area (Å²) in [5, 5.41) is 3.70. The summed E-state index contributed by atoms with van der Waals surface area (Å²) in [7, 11) is 2.67. The molecule has 3 heterocycles. The number of rotatable bonds is 5. The quantitative estimate of drug-likeness (QED) is 0.577. The number of carbonyl (C=O) groups excluding carboxylic acids is 4. The van der Waals surface area contributed by atoms with Gasteiger partial charge < -0.3 is 14.6 Å². The van der Waals surface area contributed by atoms with Crippen LogP contribution >= 0.6 is 0 Å². The van der Waals surface area contributed by atoms with Crippen molar-refractivity contribution in [2.24, 2.45) is 0 Å². The number of imide groups is 2. The van der Waals surface area contributed by atoms with Crippen molar-refractivity contribution in [3.8, 4) is 0 Å². The molecule has 0 saturated carbocycles. The van der Waals surface area contributed by atoms with Gasteiger partial charge >= 0.3 is 6.03 Å². The highest BCUT2D eigenvalue weighted by molar-refractivity contribution is 6.31. The minimum Gasteiger partial charge on any atom is -0.376 e. The van der Waals surface area contributed by atoms with E-state index in [2.05, 4.69) is 5.32 Å². The molecule has 0 spiro atoms. The van der Waals surface area contributed by atoms with Crippen molar-refractivity contribution in [1.82, 2.24) is 19.7 Å². The van der Waals surface area contributed by atoms with Gasteiger partial charge in [-0.3, -0.25) is 24.2 Å². The predicted octanol–water partition coefficient (Wildman–Crippen LogP) is 1.37. The van der Waals surface area contributed by atoms with E-state index in [-0.39, 0.29) is 24.1 Å². The van der Waals surface area contributed by atoms with Gasteiger partial charge in [0.15, 0.2) is 0 Å². The Kier molecular flexibility index (Phi) is 5.60. The maximum Gasteiger partial charge on any atom is 0.333 e. The van der Waals surface area contributed by atoms with E-state index in [1.165, 1.54) is 20.2 Å². The second-order valence-corrected chi connectivity index (χ2v) is 7.74. The topological polar surface area (TPSA) is 101 Å². The number of hydrogen-bond acceptors (Lipinski definition) is 5. The number of amides is 5. The molecule has 4 rings (SSSR count). The molecule has 0 aliphatic carbocycles. The number of barbiturate groups is 1. The summed E-state index contributed by atoms with van der Waals surface area (Å²) in [6.07, 6.45) is 5.23. The van der Waals surface area contributed by atoms with E-state index >= 15 is 0 Å². The minimum absolute atomic E-state index is 0.0608. The van der Waals surface area contributed by atoms with Crippen LogP contribution < -0.4 is 5.32 Å². The number of ether oxygens (including phenoxy) is 1. The molecule has 0 unspecified atom stereocenters. The Morgan fingerprint density at radius 2 is 1.87 bits per heavy atom. The lowest BCUT2D eigenvalue weighted by Crippen LogP contribution is -2.52. The van der Waals surface area contributed by atoms with Gasteiger partial charge in [0.05, 0.1) is 6.10 Å². The molecule has 1 aromatic heterocycles.